The second-order valence-electron chi connectivity index (χ2n) is 5.96. The zero-order chi connectivity index (χ0) is 18.4. The molecule has 0 radical (unpaired) electrons. The molecule has 2 aromatic carbocycles. The van der Waals surface area contributed by atoms with Gasteiger partial charge in [0.1, 0.15) is 28.6 Å². The molecule has 0 aromatic heterocycles. The number of rotatable bonds is 8. The lowest BCUT2D eigenvalue weighted by molar-refractivity contribution is 0.0977. The van der Waals surface area contributed by atoms with Crippen molar-refractivity contribution in [1.29, 1.82) is 0 Å². The Balaban J connectivity index is 2.14. The molecule has 0 saturated heterocycles. The van der Waals surface area contributed by atoms with E-state index in [1.807, 2.05) is 38.1 Å². The van der Waals surface area contributed by atoms with E-state index in [2.05, 4.69) is 0 Å². The highest BCUT2D eigenvalue weighted by molar-refractivity contribution is 6.01. The number of carbonyl (C=O) groups is 1. The molecule has 0 amide bonds. The first-order valence-corrected chi connectivity index (χ1v) is 8.18. The number of methoxy groups -OCH3 is 2. The maximum absolute atomic E-state index is 12.6. The van der Waals surface area contributed by atoms with Crippen molar-refractivity contribution in [3.05, 3.63) is 47.5 Å². The van der Waals surface area contributed by atoms with E-state index in [9.17, 15) is 9.90 Å². The number of benzene rings is 2. The van der Waals surface area contributed by atoms with Gasteiger partial charge >= 0.3 is 0 Å². The van der Waals surface area contributed by atoms with Crippen molar-refractivity contribution in [1.82, 2.24) is 0 Å². The fourth-order valence-corrected chi connectivity index (χ4v) is 2.53. The van der Waals surface area contributed by atoms with E-state index in [4.69, 9.17) is 14.2 Å². The van der Waals surface area contributed by atoms with Gasteiger partial charge in [0.15, 0.2) is 5.78 Å². The summed E-state index contributed by atoms with van der Waals surface area (Å²) in [7, 11) is 3.08. The second kappa shape index (κ2) is 8.42. The molecule has 0 bridgehead atoms. The monoisotopic (exact) mass is 344 g/mol. The van der Waals surface area contributed by atoms with Crippen LogP contribution in [-0.4, -0.2) is 31.2 Å². The summed E-state index contributed by atoms with van der Waals surface area (Å²) >= 11 is 0. The maximum Gasteiger partial charge on any atom is 0.170 e. The Morgan fingerprint density at radius 1 is 1.04 bits per heavy atom. The molecule has 0 fully saturated rings. The summed E-state index contributed by atoms with van der Waals surface area (Å²) in [5, 5.41) is 10.3. The van der Waals surface area contributed by atoms with Crippen molar-refractivity contribution in [2.45, 2.75) is 32.8 Å². The molecular weight excluding hydrogens is 320 g/mol. The molecule has 25 heavy (non-hydrogen) atoms. The Hall–Kier alpha value is -2.69. The van der Waals surface area contributed by atoms with E-state index in [0.29, 0.717) is 17.9 Å². The number of Topliss-reactive ketones (excluding diaryl/α,β-unsaturated/α-hetero) is 1. The van der Waals surface area contributed by atoms with Gasteiger partial charge in [-0.15, -0.1) is 0 Å². The summed E-state index contributed by atoms with van der Waals surface area (Å²) in [6.45, 7) is 3.77. The van der Waals surface area contributed by atoms with Crippen LogP contribution in [0.25, 0.3) is 0 Å². The number of ketones is 1. The summed E-state index contributed by atoms with van der Waals surface area (Å²) in [6, 6.07) is 10.6. The molecule has 5 heteroatoms. The summed E-state index contributed by atoms with van der Waals surface area (Å²) < 4.78 is 16.0. The van der Waals surface area contributed by atoms with E-state index >= 15 is 0 Å². The van der Waals surface area contributed by atoms with Crippen LogP contribution in [-0.2, 0) is 6.42 Å². The molecule has 0 saturated carbocycles. The van der Waals surface area contributed by atoms with Crippen LogP contribution < -0.4 is 14.2 Å². The van der Waals surface area contributed by atoms with Gasteiger partial charge in [0, 0.05) is 18.6 Å². The highest BCUT2D eigenvalue weighted by atomic mass is 16.5. The Labute approximate surface area is 148 Å². The maximum atomic E-state index is 12.6. The highest BCUT2D eigenvalue weighted by Crippen LogP contribution is 2.35. The normalized spacial score (nSPS) is 10.6. The summed E-state index contributed by atoms with van der Waals surface area (Å²) in [6.07, 6.45) is 0.789. The Bertz CT molecular complexity index is 720. The fraction of sp³-hybridized carbons (Fsp3) is 0.350. The number of hydrogen-bond donors (Lipinski definition) is 1. The van der Waals surface area contributed by atoms with Crippen molar-refractivity contribution in [3.63, 3.8) is 0 Å². The number of aryl methyl sites for hydroxylation is 1. The lowest BCUT2D eigenvalue weighted by Gasteiger charge is -2.15. The van der Waals surface area contributed by atoms with Crippen LogP contribution in [0.5, 0.6) is 23.0 Å². The first-order valence-electron chi connectivity index (χ1n) is 8.18. The largest absolute Gasteiger partial charge is 0.507 e. The third-order valence-corrected chi connectivity index (χ3v) is 3.73. The summed E-state index contributed by atoms with van der Waals surface area (Å²) in [5.74, 6) is 1.25. The summed E-state index contributed by atoms with van der Waals surface area (Å²) in [4.78, 5) is 12.6. The molecule has 0 unspecified atom stereocenters. The van der Waals surface area contributed by atoms with Crippen molar-refractivity contribution < 1.29 is 24.1 Å². The second-order valence-corrected chi connectivity index (χ2v) is 5.96. The molecule has 0 heterocycles. The third kappa shape index (κ3) is 4.89. The number of ether oxygens (including phenoxy) is 3. The number of carbonyl (C=O) groups excluding carboxylic acids is 1. The standard InChI is InChI=1S/C20H24O5/c1-13(2)25-16-11-18(22)20(19(12-16)24-4)17(21)10-7-14-5-8-15(23-3)9-6-14/h5-6,8-9,11-13,22H,7,10H2,1-4H3. The minimum Gasteiger partial charge on any atom is -0.507 e. The van der Waals surface area contributed by atoms with Gasteiger partial charge in [-0.1, -0.05) is 12.1 Å². The quantitative estimate of drug-likeness (QED) is 0.733. The van der Waals surface area contributed by atoms with Crippen LogP contribution >= 0.6 is 0 Å². The van der Waals surface area contributed by atoms with Crippen LogP contribution in [0.4, 0.5) is 0 Å². The van der Waals surface area contributed by atoms with Crippen molar-refractivity contribution in [2.75, 3.05) is 14.2 Å². The Morgan fingerprint density at radius 3 is 2.28 bits per heavy atom. The van der Waals surface area contributed by atoms with Gasteiger partial charge in [-0.05, 0) is 38.0 Å². The predicted octanol–water partition coefficient (Wildman–Crippen LogP) is 4.01. The van der Waals surface area contributed by atoms with Crippen LogP contribution in [0.3, 0.4) is 0 Å². The van der Waals surface area contributed by atoms with Crippen LogP contribution in [0.2, 0.25) is 0 Å². The zero-order valence-electron chi connectivity index (χ0n) is 15.0. The molecule has 0 aliphatic carbocycles. The zero-order valence-corrected chi connectivity index (χ0v) is 15.0. The number of hydrogen-bond acceptors (Lipinski definition) is 5. The number of phenols is 1. The summed E-state index contributed by atoms with van der Waals surface area (Å²) in [5.41, 5.74) is 1.21. The van der Waals surface area contributed by atoms with Gasteiger partial charge < -0.3 is 19.3 Å². The van der Waals surface area contributed by atoms with Gasteiger partial charge in [-0.2, -0.15) is 0 Å². The predicted molar refractivity (Wildman–Crippen MR) is 96.1 cm³/mol. The molecule has 0 aliphatic heterocycles. The number of phenolic OH excluding ortho intramolecular Hbond substituents is 1. The van der Waals surface area contributed by atoms with Gasteiger partial charge in [0.25, 0.3) is 0 Å². The van der Waals surface area contributed by atoms with E-state index < -0.39 is 0 Å². The van der Waals surface area contributed by atoms with Crippen molar-refractivity contribution in [2.24, 2.45) is 0 Å². The van der Waals surface area contributed by atoms with Gasteiger partial charge in [0.05, 0.1) is 20.3 Å². The Kier molecular flexibility index (Phi) is 6.28. The van der Waals surface area contributed by atoms with Crippen LogP contribution in [0.15, 0.2) is 36.4 Å². The molecule has 0 aliphatic rings. The van der Waals surface area contributed by atoms with Crippen LogP contribution in [0, 0.1) is 0 Å². The fourth-order valence-electron chi connectivity index (χ4n) is 2.53. The Morgan fingerprint density at radius 2 is 1.72 bits per heavy atom. The minimum atomic E-state index is -0.179. The number of aromatic hydroxyl groups is 1. The molecular formula is C20H24O5. The molecule has 5 nitrogen and oxygen atoms in total. The average Bonchev–Trinajstić information content (AvgIpc) is 2.59. The SMILES string of the molecule is COc1ccc(CCC(=O)c2c(O)cc(OC(C)C)cc2OC)cc1. The molecule has 0 spiro atoms. The van der Waals surface area contributed by atoms with E-state index in [1.165, 1.54) is 13.2 Å². The van der Waals surface area contributed by atoms with Gasteiger partial charge in [-0.3, -0.25) is 4.79 Å². The molecule has 1 N–H and O–H groups in total. The molecule has 0 atom stereocenters. The van der Waals surface area contributed by atoms with Gasteiger partial charge in [0.2, 0.25) is 0 Å². The van der Waals surface area contributed by atoms with E-state index in [0.717, 1.165) is 11.3 Å². The smallest absolute Gasteiger partial charge is 0.170 e. The minimum absolute atomic E-state index is 0.0410. The molecule has 2 aromatic rings. The highest BCUT2D eigenvalue weighted by Gasteiger charge is 2.19. The third-order valence-electron chi connectivity index (χ3n) is 3.73. The van der Waals surface area contributed by atoms with Gasteiger partial charge in [-0.25, -0.2) is 0 Å². The average molecular weight is 344 g/mol. The lowest BCUT2D eigenvalue weighted by Crippen LogP contribution is -2.08. The molecule has 2 rings (SSSR count). The van der Waals surface area contributed by atoms with Crippen molar-refractivity contribution in [3.8, 4) is 23.0 Å². The van der Waals surface area contributed by atoms with Crippen LogP contribution in [0.1, 0.15) is 36.2 Å². The van der Waals surface area contributed by atoms with E-state index in [1.54, 1.807) is 13.2 Å². The topological polar surface area (TPSA) is 65.0 Å². The first kappa shape index (κ1) is 18.6. The lowest BCUT2D eigenvalue weighted by atomic mass is 10.0. The molecule has 134 valence electrons. The first-order chi connectivity index (χ1) is 11.9. The van der Waals surface area contributed by atoms with E-state index in [-0.39, 0.29) is 29.6 Å². The van der Waals surface area contributed by atoms with Crippen molar-refractivity contribution >= 4 is 5.78 Å².